The molecule has 17 heavy (non-hydrogen) atoms. The highest BCUT2D eigenvalue weighted by Crippen LogP contribution is 2.32. The first-order valence-electron chi connectivity index (χ1n) is 6.59. The molecule has 1 heterocycles. The number of aryl methyl sites for hydroxylation is 1. The van der Waals surface area contributed by atoms with Gasteiger partial charge in [-0.3, -0.25) is 0 Å². The number of nitrogens with two attached hydrogens (primary N) is 1. The fourth-order valence-electron chi connectivity index (χ4n) is 2.29. The fraction of sp³-hybridized carbons (Fsp3) is 0.714. The monoisotopic (exact) mass is 253 g/mol. The van der Waals surface area contributed by atoms with Gasteiger partial charge in [-0.2, -0.15) is 0 Å². The summed E-state index contributed by atoms with van der Waals surface area (Å²) in [4.78, 5) is 1.30. The Balaban J connectivity index is 1.86. The molecule has 96 valence electrons. The highest BCUT2D eigenvalue weighted by atomic mass is 32.1. The molecule has 1 aromatic heterocycles. The summed E-state index contributed by atoms with van der Waals surface area (Å²) in [5, 5.41) is 2.12. The van der Waals surface area contributed by atoms with Crippen molar-refractivity contribution in [2.24, 2.45) is 11.7 Å². The van der Waals surface area contributed by atoms with Gasteiger partial charge in [0.1, 0.15) is 6.10 Å². The van der Waals surface area contributed by atoms with Crippen LogP contribution in [0.5, 0.6) is 0 Å². The summed E-state index contributed by atoms with van der Waals surface area (Å²) in [6.45, 7) is 5.03. The van der Waals surface area contributed by atoms with E-state index in [1.165, 1.54) is 36.1 Å². The van der Waals surface area contributed by atoms with Crippen molar-refractivity contribution < 1.29 is 4.74 Å². The Labute approximate surface area is 108 Å². The van der Waals surface area contributed by atoms with Crippen molar-refractivity contribution in [3.8, 4) is 0 Å². The van der Waals surface area contributed by atoms with E-state index in [-0.39, 0.29) is 12.1 Å². The van der Waals surface area contributed by atoms with Crippen LogP contribution in [0.15, 0.2) is 11.4 Å². The molecular formula is C14H23NOS. The lowest BCUT2D eigenvalue weighted by atomic mass is 9.83. The summed E-state index contributed by atoms with van der Waals surface area (Å²) in [5.41, 5.74) is 7.35. The van der Waals surface area contributed by atoms with E-state index in [2.05, 4.69) is 18.4 Å². The Morgan fingerprint density at radius 3 is 2.76 bits per heavy atom. The van der Waals surface area contributed by atoms with Gasteiger partial charge in [-0.05, 0) is 43.2 Å². The van der Waals surface area contributed by atoms with Gasteiger partial charge in [0.05, 0.1) is 0 Å². The third-order valence-corrected chi connectivity index (χ3v) is 4.77. The molecule has 0 spiro atoms. The van der Waals surface area contributed by atoms with Gasteiger partial charge >= 0.3 is 0 Å². The predicted octanol–water partition coefficient (Wildman–Crippen LogP) is 3.65. The minimum absolute atomic E-state index is 0.0636. The maximum atomic E-state index is 6.04. The van der Waals surface area contributed by atoms with Crippen LogP contribution >= 0.6 is 11.3 Å². The van der Waals surface area contributed by atoms with Crippen molar-refractivity contribution >= 4 is 11.3 Å². The molecule has 0 bridgehead atoms. The van der Waals surface area contributed by atoms with Crippen LogP contribution in [0.25, 0.3) is 0 Å². The van der Waals surface area contributed by atoms with Crippen molar-refractivity contribution in [3.63, 3.8) is 0 Å². The summed E-state index contributed by atoms with van der Waals surface area (Å²) in [6, 6.07) is 2.21. The van der Waals surface area contributed by atoms with E-state index in [0.29, 0.717) is 0 Å². The molecule has 3 heteroatoms. The Morgan fingerprint density at radius 1 is 1.53 bits per heavy atom. The third kappa shape index (κ3) is 3.30. The average molecular weight is 253 g/mol. The lowest BCUT2D eigenvalue weighted by molar-refractivity contribution is 0.0264. The predicted molar refractivity (Wildman–Crippen MR) is 73.4 cm³/mol. The number of hydrogen-bond acceptors (Lipinski definition) is 3. The largest absolute Gasteiger partial charge is 0.371 e. The molecule has 1 fully saturated rings. The minimum atomic E-state index is 0.0636. The van der Waals surface area contributed by atoms with Crippen molar-refractivity contribution in [1.29, 1.82) is 0 Å². The molecular weight excluding hydrogens is 230 g/mol. The molecule has 2 nitrogen and oxygen atoms in total. The lowest BCUT2D eigenvalue weighted by Crippen LogP contribution is -2.27. The van der Waals surface area contributed by atoms with Gasteiger partial charge in [-0.15, -0.1) is 11.3 Å². The van der Waals surface area contributed by atoms with Crippen molar-refractivity contribution in [3.05, 3.63) is 21.9 Å². The molecule has 0 radical (unpaired) electrons. The fourth-order valence-corrected chi connectivity index (χ4v) is 3.37. The van der Waals surface area contributed by atoms with E-state index in [4.69, 9.17) is 10.5 Å². The summed E-state index contributed by atoms with van der Waals surface area (Å²) < 4.78 is 6.02. The van der Waals surface area contributed by atoms with E-state index in [9.17, 15) is 0 Å². The lowest BCUT2D eigenvalue weighted by Gasteiger charge is -2.27. The van der Waals surface area contributed by atoms with E-state index >= 15 is 0 Å². The minimum Gasteiger partial charge on any atom is -0.371 e. The highest BCUT2D eigenvalue weighted by molar-refractivity contribution is 7.10. The maximum absolute atomic E-state index is 6.04. The molecule has 1 aromatic rings. The first-order valence-corrected chi connectivity index (χ1v) is 7.47. The normalized spacial score (nSPS) is 19.9. The second kappa shape index (κ2) is 5.98. The van der Waals surface area contributed by atoms with Crippen LogP contribution in [-0.2, 0) is 4.74 Å². The molecule has 1 saturated carbocycles. The zero-order valence-electron chi connectivity index (χ0n) is 10.8. The van der Waals surface area contributed by atoms with Gasteiger partial charge in [0.15, 0.2) is 0 Å². The first kappa shape index (κ1) is 13.1. The van der Waals surface area contributed by atoms with Crippen LogP contribution in [0.4, 0.5) is 0 Å². The Hall–Kier alpha value is -0.380. The molecule has 0 aromatic carbocycles. The Bertz CT molecular complexity index is 344. The number of hydrogen-bond donors (Lipinski definition) is 1. The van der Waals surface area contributed by atoms with Crippen LogP contribution in [0.2, 0.25) is 0 Å². The summed E-state index contributed by atoms with van der Waals surface area (Å²) in [7, 11) is 0. The van der Waals surface area contributed by atoms with Crippen LogP contribution in [0, 0.1) is 12.8 Å². The molecule has 0 aliphatic heterocycles. The second-order valence-corrected chi connectivity index (χ2v) is 6.15. The molecule has 2 N–H and O–H groups in total. The maximum Gasteiger partial charge on any atom is 0.107 e. The molecule has 0 amide bonds. The molecule has 2 rings (SSSR count). The van der Waals surface area contributed by atoms with E-state index in [1.807, 2.05) is 6.92 Å². The Morgan fingerprint density at radius 2 is 2.29 bits per heavy atom. The Kier molecular flexibility index (Phi) is 4.60. The van der Waals surface area contributed by atoms with Gasteiger partial charge in [-0.1, -0.05) is 19.3 Å². The smallest absolute Gasteiger partial charge is 0.107 e. The zero-order valence-corrected chi connectivity index (χ0v) is 11.6. The zero-order chi connectivity index (χ0) is 12.3. The standard InChI is InChI=1S/C14H23NOS/c1-10-7-9-17-14(10)13(11(2)15)16-8-6-12-4-3-5-12/h7,9,11-13H,3-6,8,15H2,1-2H3. The number of rotatable bonds is 6. The van der Waals surface area contributed by atoms with Gasteiger partial charge in [-0.25, -0.2) is 0 Å². The van der Waals surface area contributed by atoms with E-state index in [1.54, 1.807) is 11.3 Å². The number of thiophene rings is 1. The quantitative estimate of drug-likeness (QED) is 0.840. The molecule has 2 atom stereocenters. The second-order valence-electron chi connectivity index (χ2n) is 5.20. The molecule has 0 saturated heterocycles. The summed E-state index contributed by atoms with van der Waals surface area (Å²) >= 11 is 1.76. The van der Waals surface area contributed by atoms with E-state index < -0.39 is 0 Å². The van der Waals surface area contributed by atoms with Gasteiger partial charge in [0.25, 0.3) is 0 Å². The van der Waals surface area contributed by atoms with Crippen molar-refractivity contribution in [2.45, 2.75) is 51.7 Å². The van der Waals surface area contributed by atoms with Crippen molar-refractivity contribution in [2.75, 3.05) is 6.61 Å². The third-order valence-electron chi connectivity index (χ3n) is 3.69. The van der Waals surface area contributed by atoms with Gasteiger partial charge in [0, 0.05) is 17.5 Å². The van der Waals surface area contributed by atoms with Crippen LogP contribution in [-0.4, -0.2) is 12.6 Å². The SMILES string of the molecule is Cc1ccsc1C(OCCC1CCC1)C(C)N. The van der Waals surface area contributed by atoms with Crippen molar-refractivity contribution in [1.82, 2.24) is 0 Å². The van der Waals surface area contributed by atoms with Crippen LogP contribution in [0.3, 0.4) is 0 Å². The van der Waals surface area contributed by atoms with Gasteiger partial charge in [0.2, 0.25) is 0 Å². The topological polar surface area (TPSA) is 35.2 Å². The number of ether oxygens (including phenoxy) is 1. The molecule has 1 aliphatic rings. The average Bonchev–Trinajstić information content (AvgIpc) is 2.61. The van der Waals surface area contributed by atoms with Gasteiger partial charge < -0.3 is 10.5 Å². The first-order chi connectivity index (χ1) is 8.18. The summed E-state index contributed by atoms with van der Waals surface area (Å²) in [6.07, 6.45) is 5.48. The van der Waals surface area contributed by atoms with E-state index in [0.717, 1.165) is 12.5 Å². The highest BCUT2D eigenvalue weighted by Gasteiger charge is 2.22. The summed E-state index contributed by atoms with van der Waals surface area (Å²) in [5.74, 6) is 0.910. The van der Waals surface area contributed by atoms with Crippen LogP contribution in [0.1, 0.15) is 49.2 Å². The molecule has 2 unspecified atom stereocenters. The van der Waals surface area contributed by atoms with Crippen LogP contribution < -0.4 is 5.73 Å². The molecule has 1 aliphatic carbocycles.